The molecule has 0 bridgehead atoms. The summed E-state index contributed by atoms with van der Waals surface area (Å²) in [6, 6.07) is -0.522. The molecule has 12 heteroatoms. The van der Waals surface area contributed by atoms with Crippen LogP contribution < -0.4 is 5.73 Å². The van der Waals surface area contributed by atoms with E-state index in [-0.39, 0.29) is 36.0 Å². The average Bonchev–Trinajstić information content (AvgIpc) is 3.00. The number of ether oxygens (including phenoxy) is 2. The SMILES string of the molecule is CC(=O)CCCCN1C(=O)C=C(SCC2O[C@H](OC[C@H](N)C[C@@H](C)O)C(O)C(O)[C@H]2O)C1=O. The van der Waals surface area contributed by atoms with Gasteiger partial charge in [0.05, 0.1) is 23.7 Å². The summed E-state index contributed by atoms with van der Waals surface area (Å²) >= 11 is 0.996. The van der Waals surface area contributed by atoms with Crippen LogP contribution in [0.4, 0.5) is 0 Å². The Morgan fingerprint density at radius 3 is 2.58 bits per heavy atom. The molecule has 3 unspecified atom stereocenters. The quantitative estimate of drug-likeness (QED) is 0.152. The zero-order valence-electron chi connectivity index (χ0n) is 18.8. The van der Waals surface area contributed by atoms with Crippen LogP contribution in [0.1, 0.15) is 39.5 Å². The Hall–Kier alpha value is -1.38. The maximum Gasteiger partial charge on any atom is 0.267 e. The average molecular weight is 491 g/mol. The summed E-state index contributed by atoms with van der Waals surface area (Å²) in [5.74, 6) is -0.836. The molecule has 0 saturated carbocycles. The number of carbonyl (C=O) groups excluding carboxylic acids is 3. The second-order valence-corrected chi connectivity index (χ2v) is 9.53. The fourth-order valence-corrected chi connectivity index (χ4v) is 4.57. The number of amides is 2. The molecule has 0 aromatic heterocycles. The van der Waals surface area contributed by atoms with Crippen LogP contribution in [0.25, 0.3) is 0 Å². The molecule has 0 spiro atoms. The van der Waals surface area contributed by atoms with Gasteiger partial charge in [-0.1, -0.05) is 0 Å². The maximum absolute atomic E-state index is 12.5. The van der Waals surface area contributed by atoms with Gasteiger partial charge in [-0.05, 0) is 33.1 Å². The van der Waals surface area contributed by atoms with Crippen LogP contribution in [0, 0.1) is 0 Å². The van der Waals surface area contributed by atoms with E-state index in [2.05, 4.69) is 0 Å². The molecule has 2 aliphatic rings. The molecule has 0 aliphatic carbocycles. The number of nitrogens with two attached hydrogens (primary N) is 1. The number of imide groups is 1. The van der Waals surface area contributed by atoms with Gasteiger partial charge in [0, 0.05) is 30.8 Å². The highest BCUT2D eigenvalue weighted by atomic mass is 32.2. The van der Waals surface area contributed by atoms with Gasteiger partial charge in [-0.15, -0.1) is 11.8 Å². The molecule has 2 rings (SSSR count). The first-order chi connectivity index (χ1) is 15.5. The Kier molecular flexibility index (Phi) is 10.9. The Labute approximate surface area is 196 Å². The topological polar surface area (TPSA) is 180 Å². The highest BCUT2D eigenvalue weighted by Gasteiger charge is 2.45. The lowest BCUT2D eigenvalue weighted by Crippen LogP contribution is -2.59. The van der Waals surface area contributed by atoms with Crippen molar-refractivity contribution in [2.75, 3.05) is 18.9 Å². The van der Waals surface area contributed by atoms with Crippen molar-refractivity contribution in [1.82, 2.24) is 4.90 Å². The van der Waals surface area contributed by atoms with E-state index < -0.39 is 54.7 Å². The molecule has 6 N–H and O–H groups in total. The number of carbonyl (C=O) groups is 3. The summed E-state index contributed by atoms with van der Waals surface area (Å²) in [4.78, 5) is 37.0. The van der Waals surface area contributed by atoms with Gasteiger partial charge < -0.3 is 40.4 Å². The summed E-state index contributed by atoms with van der Waals surface area (Å²) < 4.78 is 11.0. The standard InChI is InChI=1S/C21H34N2O9S/c1-11(24)5-3-4-6-23-16(26)8-15(20(23)30)33-10-14-17(27)18(28)19(29)21(32-14)31-9-13(22)7-12(2)25/h8,12-14,17-19,21,25,27-29H,3-7,9-10,22H2,1-2H3/t12-,13-,14?,17+,18?,19?,21+/m1/s1. The molecule has 1 saturated heterocycles. The molecule has 11 nitrogen and oxygen atoms in total. The number of hydrogen-bond donors (Lipinski definition) is 5. The lowest BCUT2D eigenvalue weighted by atomic mass is 10.00. The Bertz CT molecular complexity index is 733. The molecule has 0 aromatic carbocycles. The summed E-state index contributed by atoms with van der Waals surface area (Å²) in [7, 11) is 0. The van der Waals surface area contributed by atoms with Crippen molar-refractivity contribution in [3.8, 4) is 0 Å². The Morgan fingerprint density at radius 2 is 1.94 bits per heavy atom. The number of Topliss-reactive ketones (excluding diaryl/α,β-unsaturated/α-hetero) is 1. The minimum Gasteiger partial charge on any atom is -0.393 e. The number of hydrogen-bond acceptors (Lipinski definition) is 11. The smallest absolute Gasteiger partial charge is 0.267 e. The third kappa shape index (κ3) is 8.11. The fraction of sp³-hybridized carbons (Fsp3) is 0.762. The number of aliphatic hydroxyl groups excluding tert-OH is 4. The van der Waals surface area contributed by atoms with E-state index in [4.69, 9.17) is 15.2 Å². The number of rotatable bonds is 13. The molecule has 188 valence electrons. The summed E-state index contributed by atoms with van der Waals surface area (Å²) in [6.07, 6.45) is -4.41. The minimum atomic E-state index is -1.55. The van der Waals surface area contributed by atoms with E-state index in [0.717, 1.165) is 16.7 Å². The molecule has 2 aliphatic heterocycles. The second-order valence-electron chi connectivity index (χ2n) is 8.47. The minimum absolute atomic E-state index is 0.0214. The number of thioether (sulfide) groups is 1. The Balaban J connectivity index is 1.88. The van der Waals surface area contributed by atoms with Gasteiger partial charge in [0.15, 0.2) is 6.29 Å². The lowest BCUT2D eigenvalue weighted by Gasteiger charge is -2.40. The third-order valence-electron chi connectivity index (χ3n) is 5.33. The molecular weight excluding hydrogens is 456 g/mol. The van der Waals surface area contributed by atoms with E-state index in [1.54, 1.807) is 6.92 Å². The predicted molar refractivity (Wildman–Crippen MR) is 119 cm³/mol. The van der Waals surface area contributed by atoms with Crippen molar-refractivity contribution in [3.63, 3.8) is 0 Å². The van der Waals surface area contributed by atoms with Gasteiger partial charge in [-0.25, -0.2) is 0 Å². The first kappa shape index (κ1) is 27.9. The van der Waals surface area contributed by atoms with Crippen molar-refractivity contribution in [3.05, 3.63) is 11.0 Å². The van der Waals surface area contributed by atoms with E-state index in [0.29, 0.717) is 19.3 Å². The van der Waals surface area contributed by atoms with Gasteiger partial charge in [0.1, 0.15) is 24.1 Å². The molecule has 1 fully saturated rings. The van der Waals surface area contributed by atoms with E-state index in [1.165, 1.54) is 13.0 Å². The Morgan fingerprint density at radius 1 is 1.24 bits per heavy atom. The van der Waals surface area contributed by atoms with Crippen molar-refractivity contribution in [2.45, 2.75) is 82.4 Å². The van der Waals surface area contributed by atoms with Crippen LogP contribution in [-0.2, 0) is 23.9 Å². The molecule has 33 heavy (non-hydrogen) atoms. The van der Waals surface area contributed by atoms with Gasteiger partial charge in [0.25, 0.3) is 11.8 Å². The van der Waals surface area contributed by atoms with Crippen molar-refractivity contribution in [1.29, 1.82) is 0 Å². The number of unbranched alkanes of at least 4 members (excludes halogenated alkanes) is 1. The van der Waals surface area contributed by atoms with Crippen LogP contribution in [0.5, 0.6) is 0 Å². The first-order valence-corrected chi connectivity index (χ1v) is 11.9. The highest BCUT2D eigenvalue weighted by molar-refractivity contribution is 8.04. The summed E-state index contributed by atoms with van der Waals surface area (Å²) in [6.45, 7) is 3.23. The maximum atomic E-state index is 12.5. The van der Waals surface area contributed by atoms with Crippen molar-refractivity contribution >= 4 is 29.4 Å². The molecule has 0 radical (unpaired) electrons. The van der Waals surface area contributed by atoms with Crippen LogP contribution in [0.15, 0.2) is 11.0 Å². The largest absolute Gasteiger partial charge is 0.393 e. The highest BCUT2D eigenvalue weighted by Crippen LogP contribution is 2.30. The number of ketones is 1. The van der Waals surface area contributed by atoms with Crippen LogP contribution in [-0.4, -0.2) is 105 Å². The summed E-state index contributed by atoms with van der Waals surface area (Å²) in [5.41, 5.74) is 5.84. The molecule has 0 aromatic rings. The zero-order chi connectivity index (χ0) is 24.7. The second kappa shape index (κ2) is 12.9. The normalized spacial score (nSPS) is 29.8. The van der Waals surface area contributed by atoms with Crippen molar-refractivity contribution < 1.29 is 44.3 Å². The van der Waals surface area contributed by atoms with E-state index >= 15 is 0 Å². The molecular formula is C21H34N2O9S. The monoisotopic (exact) mass is 490 g/mol. The first-order valence-electron chi connectivity index (χ1n) is 11.0. The van der Waals surface area contributed by atoms with Crippen molar-refractivity contribution in [2.24, 2.45) is 5.73 Å². The molecule has 2 amide bonds. The third-order valence-corrected chi connectivity index (χ3v) is 6.43. The van der Waals surface area contributed by atoms with Crippen LogP contribution in [0.2, 0.25) is 0 Å². The summed E-state index contributed by atoms with van der Waals surface area (Å²) in [5, 5.41) is 40.0. The predicted octanol–water partition coefficient (Wildman–Crippen LogP) is -1.35. The van der Waals surface area contributed by atoms with Crippen LogP contribution >= 0.6 is 11.8 Å². The number of nitrogens with zero attached hydrogens (tertiary/aromatic N) is 1. The molecule has 2 heterocycles. The van der Waals surface area contributed by atoms with E-state index in [1.807, 2.05) is 0 Å². The van der Waals surface area contributed by atoms with Gasteiger partial charge >= 0.3 is 0 Å². The van der Waals surface area contributed by atoms with Gasteiger partial charge in [0.2, 0.25) is 0 Å². The van der Waals surface area contributed by atoms with Gasteiger partial charge in [-0.3, -0.25) is 14.5 Å². The zero-order valence-corrected chi connectivity index (χ0v) is 19.6. The van der Waals surface area contributed by atoms with E-state index in [9.17, 15) is 34.8 Å². The molecule has 7 atom stereocenters. The van der Waals surface area contributed by atoms with Gasteiger partial charge in [-0.2, -0.15) is 0 Å². The fourth-order valence-electron chi connectivity index (χ4n) is 3.53. The lowest BCUT2D eigenvalue weighted by molar-refractivity contribution is -0.293. The number of aliphatic hydroxyl groups is 4. The van der Waals surface area contributed by atoms with Crippen LogP contribution in [0.3, 0.4) is 0 Å².